The lowest BCUT2D eigenvalue weighted by atomic mass is 9.71. The predicted molar refractivity (Wildman–Crippen MR) is 76.6 cm³/mol. The van der Waals surface area contributed by atoms with Gasteiger partial charge in [0.05, 0.1) is 13.2 Å². The molecule has 4 heteroatoms. The van der Waals surface area contributed by atoms with Crippen LogP contribution in [0.1, 0.15) is 46.5 Å². The minimum Gasteiger partial charge on any atom is -0.347 e. The van der Waals surface area contributed by atoms with E-state index in [0.717, 1.165) is 18.8 Å². The van der Waals surface area contributed by atoms with E-state index in [1.807, 2.05) is 0 Å². The molecule has 0 unspecified atom stereocenters. The van der Waals surface area contributed by atoms with E-state index in [0.29, 0.717) is 18.6 Å². The second-order valence-corrected chi connectivity index (χ2v) is 10.6. The minimum atomic E-state index is -0.299. The lowest BCUT2D eigenvalue weighted by Crippen LogP contribution is -2.50. The first kappa shape index (κ1) is 14.3. The highest BCUT2D eigenvalue weighted by molar-refractivity contribution is 9.25. The standard InChI is InChI=1S/C13H22Br2O2/c1-11(2,3)10-4-6-13(7-5-10)16-8-12(14,15)9-17-13/h10H,4-9H2,1-3H3. The van der Waals surface area contributed by atoms with Crippen LogP contribution in [0.25, 0.3) is 0 Å². The van der Waals surface area contributed by atoms with Gasteiger partial charge in [-0.05, 0) is 24.2 Å². The van der Waals surface area contributed by atoms with Gasteiger partial charge >= 0.3 is 0 Å². The molecule has 0 aromatic carbocycles. The van der Waals surface area contributed by atoms with E-state index in [4.69, 9.17) is 9.47 Å². The van der Waals surface area contributed by atoms with Crippen LogP contribution < -0.4 is 0 Å². The Balaban J connectivity index is 1.91. The first-order valence-corrected chi connectivity index (χ1v) is 7.97. The molecular formula is C13H22Br2O2. The third-order valence-corrected chi connectivity index (χ3v) is 4.98. The van der Waals surface area contributed by atoms with Gasteiger partial charge in [-0.3, -0.25) is 0 Å². The topological polar surface area (TPSA) is 18.5 Å². The van der Waals surface area contributed by atoms with Crippen LogP contribution >= 0.6 is 31.9 Å². The summed E-state index contributed by atoms with van der Waals surface area (Å²) in [4.78, 5) is 0. The number of halogens is 2. The summed E-state index contributed by atoms with van der Waals surface area (Å²) in [6, 6.07) is 0. The maximum absolute atomic E-state index is 5.97. The first-order valence-electron chi connectivity index (χ1n) is 6.38. The molecule has 1 saturated carbocycles. The van der Waals surface area contributed by atoms with Gasteiger partial charge in [-0.25, -0.2) is 0 Å². The third-order valence-electron chi connectivity index (χ3n) is 4.06. The lowest BCUT2D eigenvalue weighted by molar-refractivity contribution is -0.284. The summed E-state index contributed by atoms with van der Waals surface area (Å²) < 4.78 is 11.7. The molecule has 0 atom stereocenters. The molecule has 0 radical (unpaired) electrons. The van der Waals surface area contributed by atoms with E-state index in [-0.39, 0.29) is 9.02 Å². The van der Waals surface area contributed by atoms with Gasteiger partial charge in [-0.15, -0.1) is 0 Å². The number of rotatable bonds is 0. The average molecular weight is 370 g/mol. The molecule has 2 nitrogen and oxygen atoms in total. The molecule has 1 spiro atoms. The highest BCUT2D eigenvalue weighted by atomic mass is 79.9. The van der Waals surface area contributed by atoms with Crippen molar-refractivity contribution in [3.8, 4) is 0 Å². The van der Waals surface area contributed by atoms with Crippen LogP contribution in [0.5, 0.6) is 0 Å². The molecule has 0 amide bonds. The summed E-state index contributed by atoms with van der Waals surface area (Å²) in [5.74, 6) is 0.493. The fourth-order valence-corrected chi connectivity index (χ4v) is 3.23. The molecule has 0 N–H and O–H groups in total. The molecule has 2 aliphatic rings. The minimum absolute atomic E-state index is 0.188. The van der Waals surface area contributed by atoms with Crippen LogP contribution in [-0.4, -0.2) is 22.2 Å². The van der Waals surface area contributed by atoms with Crippen molar-refractivity contribution in [1.29, 1.82) is 0 Å². The summed E-state index contributed by atoms with van der Waals surface area (Å²) >= 11 is 7.11. The van der Waals surface area contributed by atoms with E-state index in [9.17, 15) is 0 Å². The summed E-state index contributed by atoms with van der Waals surface area (Å²) in [7, 11) is 0. The Bertz CT molecular complexity index is 264. The van der Waals surface area contributed by atoms with Crippen molar-refractivity contribution in [2.24, 2.45) is 11.3 Å². The fourth-order valence-electron chi connectivity index (χ4n) is 2.77. The van der Waals surface area contributed by atoms with Gasteiger partial charge in [-0.2, -0.15) is 0 Å². The smallest absolute Gasteiger partial charge is 0.168 e. The zero-order valence-corrected chi connectivity index (χ0v) is 14.1. The van der Waals surface area contributed by atoms with Crippen molar-refractivity contribution in [2.75, 3.05) is 13.2 Å². The first-order chi connectivity index (χ1) is 7.73. The Kier molecular flexibility index (Phi) is 4.01. The maximum atomic E-state index is 5.97. The zero-order valence-electron chi connectivity index (χ0n) is 10.9. The summed E-state index contributed by atoms with van der Waals surface area (Å²) in [6.45, 7) is 8.35. The fraction of sp³-hybridized carbons (Fsp3) is 1.00. The molecule has 2 rings (SSSR count). The van der Waals surface area contributed by atoms with E-state index < -0.39 is 0 Å². The molecular weight excluding hydrogens is 348 g/mol. The molecule has 0 aromatic heterocycles. The molecule has 1 aliphatic heterocycles. The van der Waals surface area contributed by atoms with E-state index >= 15 is 0 Å². The number of hydrogen-bond acceptors (Lipinski definition) is 2. The lowest BCUT2D eigenvalue weighted by Gasteiger charge is -2.47. The summed E-state index contributed by atoms with van der Waals surface area (Å²) in [6.07, 6.45) is 4.48. The zero-order chi connectivity index (χ0) is 12.7. The van der Waals surface area contributed by atoms with Crippen molar-refractivity contribution in [3.05, 3.63) is 0 Å². The highest BCUT2D eigenvalue weighted by Gasteiger charge is 2.46. The Morgan fingerprint density at radius 3 is 1.88 bits per heavy atom. The molecule has 0 aromatic rings. The van der Waals surface area contributed by atoms with Crippen LogP contribution in [-0.2, 0) is 9.47 Å². The molecule has 2 fully saturated rings. The van der Waals surface area contributed by atoms with Gasteiger partial charge in [-0.1, -0.05) is 52.6 Å². The van der Waals surface area contributed by atoms with Crippen molar-refractivity contribution in [3.63, 3.8) is 0 Å². The van der Waals surface area contributed by atoms with Crippen molar-refractivity contribution in [1.82, 2.24) is 0 Å². The van der Waals surface area contributed by atoms with Gasteiger partial charge < -0.3 is 9.47 Å². The number of alkyl halides is 2. The van der Waals surface area contributed by atoms with Crippen LogP contribution in [0.4, 0.5) is 0 Å². The molecule has 0 bridgehead atoms. The van der Waals surface area contributed by atoms with E-state index in [1.165, 1.54) is 12.8 Å². The molecule has 1 saturated heterocycles. The predicted octanol–water partition coefficient (Wildman–Crippen LogP) is 4.45. The Hall–Kier alpha value is 0.880. The summed E-state index contributed by atoms with van der Waals surface area (Å²) in [5, 5.41) is 0. The highest BCUT2D eigenvalue weighted by Crippen LogP contribution is 2.46. The quantitative estimate of drug-likeness (QED) is 0.587. The SMILES string of the molecule is CC(C)(C)C1CCC2(CC1)OCC(Br)(Br)CO2. The average Bonchev–Trinajstić information content (AvgIpc) is 2.23. The van der Waals surface area contributed by atoms with Gasteiger partial charge in [0.25, 0.3) is 0 Å². The second kappa shape index (κ2) is 4.77. The Labute approximate surface area is 121 Å². The monoisotopic (exact) mass is 368 g/mol. The molecule has 17 heavy (non-hydrogen) atoms. The number of ether oxygens (including phenoxy) is 2. The van der Waals surface area contributed by atoms with E-state index in [2.05, 4.69) is 52.6 Å². The Morgan fingerprint density at radius 2 is 1.47 bits per heavy atom. The van der Waals surface area contributed by atoms with Gasteiger partial charge in [0, 0.05) is 12.8 Å². The van der Waals surface area contributed by atoms with Crippen LogP contribution in [0.3, 0.4) is 0 Å². The normalized spacial score (nSPS) is 29.5. The molecule has 100 valence electrons. The molecule has 1 heterocycles. The second-order valence-electron chi connectivity index (χ2n) is 6.48. The van der Waals surface area contributed by atoms with Gasteiger partial charge in [0.15, 0.2) is 5.79 Å². The van der Waals surface area contributed by atoms with Gasteiger partial charge in [0.2, 0.25) is 0 Å². The van der Waals surface area contributed by atoms with Crippen molar-refractivity contribution < 1.29 is 9.47 Å². The van der Waals surface area contributed by atoms with Crippen molar-refractivity contribution >= 4 is 31.9 Å². The van der Waals surface area contributed by atoms with Crippen molar-refractivity contribution in [2.45, 2.75) is 55.5 Å². The maximum Gasteiger partial charge on any atom is 0.168 e. The Morgan fingerprint density at radius 1 is 1.00 bits per heavy atom. The van der Waals surface area contributed by atoms with Crippen LogP contribution in [0.15, 0.2) is 0 Å². The molecule has 1 aliphatic carbocycles. The number of hydrogen-bond donors (Lipinski definition) is 0. The van der Waals surface area contributed by atoms with Gasteiger partial charge in [0.1, 0.15) is 3.23 Å². The van der Waals surface area contributed by atoms with Crippen LogP contribution in [0.2, 0.25) is 0 Å². The summed E-state index contributed by atoms with van der Waals surface area (Å²) in [5.41, 5.74) is 0.408. The van der Waals surface area contributed by atoms with E-state index in [1.54, 1.807) is 0 Å². The third kappa shape index (κ3) is 3.46. The largest absolute Gasteiger partial charge is 0.347 e. The van der Waals surface area contributed by atoms with Crippen LogP contribution in [0, 0.1) is 11.3 Å².